The van der Waals surface area contributed by atoms with Crippen LogP contribution in [0.25, 0.3) is 0 Å². The van der Waals surface area contributed by atoms with Gasteiger partial charge in [-0.2, -0.15) is 0 Å². The van der Waals surface area contributed by atoms with Gasteiger partial charge in [-0.3, -0.25) is 9.59 Å². The van der Waals surface area contributed by atoms with E-state index < -0.39 is 11.7 Å². The van der Waals surface area contributed by atoms with Gasteiger partial charge in [-0.25, -0.2) is 9.18 Å². The number of rotatable bonds is 8. The van der Waals surface area contributed by atoms with E-state index in [0.717, 1.165) is 5.56 Å². The molecule has 0 bridgehead atoms. The predicted octanol–water partition coefficient (Wildman–Crippen LogP) is 4.25. The first-order valence-electron chi connectivity index (χ1n) is 10.0. The number of ether oxygens (including phenoxy) is 1. The second kappa shape index (κ2) is 11.1. The number of amides is 3. The van der Waals surface area contributed by atoms with Crippen LogP contribution in [-0.4, -0.2) is 30.1 Å². The first-order chi connectivity index (χ1) is 14.6. The van der Waals surface area contributed by atoms with Gasteiger partial charge in [0.25, 0.3) is 0 Å². The molecule has 0 saturated carbocycles. The van der Waals surface area contributed by atoms with Crippen molar-refractivity contribution in [3.63, 3.8) is 0 Å². The number of aryl methyl sites for hydroxylation is 1. The van der Waals surface area contributed by atoms with E-state index in [9.17, 15) is 18.8 Å². The third-order valence-electron chi connectivity index (χ3n) is 4.00. The second-order valence-electron chi connectivity index (χ2n) is 7.98. The van der Waals surface area contributed by atoms with Crippen LogP contribution in [0.4, 0.5) is 20.6 Å². The summed E-state index contributed by atoms with van der Waals surface area (Å²) in [5.74, 6) is -0.770. The van der Waals surface area contributed by atoms with Gasteiger partial charge in [-0.05, 0) is 69.2 Å². The molecular weight excluding hydrogens is 401 g/mol. The zero-order valence-electron chi connectivity index (χ0n) is 18.0. The maximum atomic E-state index is 13.2. The van der Waals surface area contributed by atoms with E-state index >= 15 is 0 Å². The molecule has 0 aromatic heterocycles. The molecule has 0 fully saturated rings. The average Bonchev–Trinajstić information content (AvgIpc) is 2.66. The molecule has 8 heteroatoms. The van der Waals surface area contributed by atoms with Crippen LogP contribution in [0.3, 0.4) is 0 Å². The van der Waals surface area contributed by atoms with Gasteiger partial charge >= 0.3 is 6.09 Å². The van der Waals surface area contributed by atoms with Crippen LogP contribution in [0.5, 0.6) is 0 Å². The minimum absolute atomic E-state index is 0.0951. The molecule has 0 radical (unpaired) electrons. The van der Waals surface area contributed by atoms with Gasteiger partial charge < -0.3 is 20.7 Å². The largest absolute Gasteiger partial charge is 0.444 e. The topological polar surface area (TPSA) is 96.5 Å². The third-order valence-corrected chi connectivity index (χ3v) is 4.00. The molecule has 0 atom stereocenters. The molecule has 0 unspecified atom stereocenters. The highest BCUT2D eigenvalue weighted by atomic mass is 19.1. The lowest BCUT2D eigenvalue weighted by Crippen LogP contribution is -2.34. The molecule has 0 aliphatic carbocycles. The van der Waals surface area contributed by atoms with Crippen molar-refractivity contribution < 1.29 is 23.5 Å². The van der Waals surface area contributed by atoms with Gasteiger partial charge in [0.05, 0.1) is 0 Å². The number of alkyl carbamates (subject to hydrolysis) is 1. The summed E-state index contributed by atoms with van der Waals surface area (Å²) >= 11 is 0. The fraction of sp³-hybridized carbons (Fsp3) is 0.348. The number of anilines is 2. The van der Waals surface area contributed by atoms with Crippen LogP contribution in [0.1, 0.15) is 39.2 Å². The summed E-state index contributed by atoms with van der Waals surface area (Å²) in [6.45, 7) is 5.43. The van der Waals surface area contributed by atoms with E-state index in [-0.39, 0.29) is 37.0 Å². The van der Waals surface area contributed by atoms with Crippen molar-refractivity contribution in [3.8, 4) is 0 Å². The summed E-state index contributed by atoms with van der Waals surface area (Å²) in [6.07, 6.45) is 0.192. The maximum absolute atomic E-state index is 13.2. The van der Waals surface area contributed by atoms with Crippen molar-refractivity contribution in [2.45, 2.75) is 45.6 Å². The molecule has 0 spiro atoms. The van der Waals surface area contributed by atoms with E-state index in [4.69, 9.17) is 4.74 Å². The van der Waals surface area contributed by atoms with Crippen LogP contribution in [0, 0.1) is 5.82 Å². The zero-order valence-corrected chi connectivity index (χ0v) is 18.0. The van der Waals surface area contributed by atoms with E-state index in [2.05, 4.69) is 16.0 Å². The number of hydrogen-bond acceptors (Lipinski definition) is 4. The molecule has 2 aromatic rings. The maximum Gasteiger partial charge on any atom is 0.407 e. The van der Waals surface area contributed by atoms with Gasteiger partial charge in [0.1, 0.15) is 11.4 Å². The fourth-order valence-corrected chi connectivity index (χ4v) is 2.63. The fourth-order valence-electron chi connectivity index (χ4n) is 2.63. The van der Waals surface area contributed by atoms with Crippen LogP contribution >= 0.6 is 0 Å². The number of halogens is 1. The summed E-state index contributed by atoms with van der Waals surface area (Å²) in [4.78, 5) is 35.6. The lowest BCUT2D eigenvalue weighted by atomic mass is 10.1. The van der Waals surface area contributed by atoms with Crippen LogP contribution < -0.4 is 16.0 Å². The van der Waals surface area contributed by atoms with E-state index in [0.29, 0.717) is 17.8 Å². The normalized spacial score (nSPS) is 10.8. The highest BCUT2D eigenvalue weighted by Crippen LogP contribution is 2.15. The van der Waals surface area contributed by atoms with E-state index in [1.807, 2.05) is 0 Å². The minimum atomic E-state index is -0.594. The minimum Gasteiger partial charge on any atom is -0.444 e. The lowest BCUT2D eigenvalue weighted by Gasteiger charge is -2.19. The van der Waals surface area contributed by atoms with Crippen molar-refractivity contribution in [1.29, 1.82) is 0 Å². The lowest BCUT2D eigenvalue weighted by molar-refractivity contribution is -0.117. The SMILES string of the molecule is CC(C)(C)OC(=O)NCCC(=O)Nc1ccc(NC(=O)CCc2cccc(F)c2)cc1. The molecule has 2 aromatic carbocycles. The molecule has 3 N–H and O–H groups in total. The molecular formula is C23H28FN3O4. The van der Waals surface area contributed by atoms with E-state index in [1.54, 1.807) is 57.2 Å². The summed E-state index contributed by atoms with van der Waals surface area (Å²) < 4.78 is 18.3. The molecule has 0 aliphatic heterocycles. The molecule has 0 aliphatic rings. The van der Waals surface area contributed by atoms with Crippen molar-refractivity contribution in [3.05, 3.63) is 59.9 Å². The van der Waals surface area contributed by atoms with Crippen molar-refractivity contribution in [2.75, 3.05) is 17.2 Å². The average molecular weight is 429 g/mol. The Hall–Kier alpha value is -3.42. The number of hydrogen-bond donors (Lipinski definition) is 3. The zero-order chi connectivity index (χ0) is 22.9. The molecule has 7 nitrogen and oxygen atoms in total. The Kier molecular flexibility index (Phi) is 8.54. The quantitative estimate of drug-likeness (QED) is 0.584. The second-order valence-corrected chi connectivity index (χ2v) is 7.98. The van der Waals surface area contributed by atoms with Gasteiger partial charge in [-0.15, -0.1) is 0 Å². The molecule has 0 saturated heterocycles. The van der Waals surface area contributed by atoms with Crippen molar-refractivity contribution >= 4 is 29.3 Å². The molecule has 0 heterocycles. The number of nitrogens with one attached hydrogen (secondary N) is 3. The van der Waals surface area contributed by atoms with Crippen molar-refractivity contribution in [2.24, 2.45) is 0 Å². The molecule has 31 heavy (non-hydrogen) atoms. The predicted molar refractivity (Wildman–Crippen MR) is 117 cm³/mol. The monoisotopic (exact) mass is 429 g/mol. The number of carbonyl (C=O) groups is 3. The highest BCUT2D eigenvalue weighted by Gasteiger charge is 2.15. The molecule has 166 valence electrons. The van der Waals surface area contributed by atoms with Gasteiger partial charge in [0, 0.05) is 30.8 Å². The van der Waals surface area contributed by atoms with Gasteiger partial charge in [-0.1, -0.05) is 12.1 Å². The third kappa shape index (κ3) is 9.75. The summed E-state index contributed by atoms with van der Waals surface area (Å²) in [7, 11) is 0. The Morgan fingerprint density at radius 1 is 0.903 bits per heavy atom. The summed E-state index contributed by atoms with van der Waals surface area (Å²) in [5.41, 5.74) is 1.33. The van der Waals surface area contributed by atoms with Gasteiger partial charge in [0.2, 0.25) is 11.8 Å². The Labute approximate surface area is 181 Å². The molecule has 3 amide bonds. The Bertz CT molecular complexity index is 908. The first kappa shape index (κ1) is 23.9. The first-order valence-corrected chi connectivity index (χ1v) is 10.0. The van der Waals surface area contributed by atoms with Crippen LogP contribution in [0.15, 0.2) is 48.5 Å². The molecule has 2 rings (SSSR count). The highest BCUT2D eigenvalue weighted by molar-refractivity contribution is 5.93. The number of benzene rings is 2. The summed E-state index contributed by atoms with van der Waals surface area (Å²) in [6, 6.07) is 12.8. The Morgan fingerprint density at radius 2 is 1.48 bits per heavy atom. The standard InChI is InChI=1S/C23H28FN3O4/c1-23(2,3)31-22(30)25-14-13-21(29)27-19-10-8-18(9-11-19)26-20(28)12-7-16-5-4-6-17(24)15-16/h4-6,8-11,15H,7,12-14H2,1-3H3,(H,25,30)(H,26,28)(H,27,29). The smallest absolute Gasteiger partial charge is 0.407 e. The number of carbonyl (C=O) groups excluding carboxylic acids is 3. The van der Waals surface area contributed by atoms with Crippen LogP contribution in [0.2, 0.25) is 0 Å². The van der Waals surface area contributed by atoms with E-state index in [1.165, 1.54) is 12.1 Å². The van der Waals surface area contributed by atoms with Gasteiger partial charge in [0.15, 0.2) is 0 Å². The Morgan fingerprint density at radius 3 is 2.03 bits per heavy atom. The van der Waals surface area contributed by atoms with Crippen molar-refractivity contribution in [1.82, 2.24) is 5.32 Å². The summed E-state index contributed by atoms with van der Waals surface area (Å²) in [5, 5.41) is 8.01. The van der Waals surface area contributed by atoms with Crippen LogP contribution in [-0.2, 0) is 20.7 Å². The Balaban J connectivity index is 1.71.